The van der Waals surface area contributed by atoms with Crippen LogP contribution in [-0.4, -0.2) is 20.7 Å². The first kappa shape index (κ1) is 19.4. The van der Waals surface area contributed by atoms with Crippen molar-refractivity contribution in [3.63, 3.8) is 0 Å². The molecular formula is C20H15ClN4O2S2. The molecular weight excluding hydrogens is 428 g/mol. The van der Waals surface area contributed by atoms with Gasteiger partial charge in [0.1, 0.15) is 18.0 Å². The number of carbonyl (C=O) groups excluding carboxylic acids is 1. The van der Waals surface area contributed by atoms with Crippen molar-refractivity contribution in [1.82, 2.24) is 14.8 Å². The van der Waals surface area contributed by atoms with Gasteiger partial charge in [-0.15, -0.1) is 11.3 Å². The van der Waals surface area contributed by atoms with Crippen LogP contribution in [0.1, 0.15) is 0 Å². The summed E-state index contributed by atoms with van der Waals surface area (Å²) >= 11 is 12.9. The van der Waals surface area contributed by atoms with Gasteiger partial charge in [-0.2, -0.15) is 5.10 Å². The highest BCUT2D eigenvalue weighted by Crippen LogP contribution is 2.29. The zero-order valence-electron chi connectivity index (χ0n) is 15.0. The number of hydrogen-bond donors (Lipinski definition) is 2. The van der Waals surface area contributed by atoms with Crippen LogP contribution in [0.3, 0.4) is 0 Å². The molecule has 0 aliphatic rings. The molecule has 2 aromatic carbocycles. The number of para-hydroxylation sites is 1. The van der Waals surface area contributed by atoms with E-state index in [2.05, 4.69) is 15.5 Å². The first-order chi connectivity index (χ1) is 14.1. The van der Waals surface area contributed by atoms with Crippen LogP contribution in [0.4, 0.5) is 5.69 Å². The summed E-state index contributed by atoms with van der Waals surface area (Å²) < 4.78 is 7.82. The number of halogens is 1. The van der Waals surface area contributed by atoms with Crippen molar-refractivity contribution in [3.8, 4) is 22.2 Å². The van der Waals surface area contributed by atoms with Gasteiger partial charge in [-0.1, -0.05) is 29.8 Å². The number of nitrogens with one attached hydrogen (secondary N) is 2. The number of hydrogen-bond acceptors (Lipinski definition) is 5. The Balaban J connectivity index is 1.43. The Morgan fingerprint density at radius 3 is 2.69 bits per heavy atom. The van der Waals surface area contributed by atoms with Crippen LogP contribution < -0.4 is 10.1 Å². The van der Waals surface area contributed by atoms with E-state index in [4.69, 9.17) is 28.6 Å². The molecule has 146 valence electrons. The van der Waals surface area contributed by atoms with Crippen molar-refractivity contribution in [2.45, 2.75) is 6.54 Å². The highest BCUT2D eigenvalue weighted by Gasteiger charge is 2.13. The Labute approximate surface area is 180 Å². The maximum atomic E-state index is 12.5. The Bertz CT molecular complexity index is 1180. The number of nitrogens with zero attached hydrogens (tertiary/aromatic N) is 2. The summed E-state index contributed by atoms with van der Waals surface area (Å²) in [5.41, 5.74) is 0.647. The highest BCUT2D eigenvalue weighted by atomic mass is 35.5. The molecule has 0 unspecified atom stereocenters. The fourth-order valence-electron chi connectivity index (χ4n) is 2.66. The molecule has 0 spiro atoms. The summed E-state index contributed by atoms with van der Waals surface area (Å²) in [6.45, 7) is 0.0560. The van der Waals surface area contributed by atoms with Crippen LogP contribution in [0.5, 0.6) is 11.5 Å². The van der Waals surface area contributed by atoms with Crippen molar-refractivity contribution in [2.24, 2.45) is 0 Å². The standard InChI is InChI=1S/C20H15ClN4O2S2/c21-15-4-1-2-5-16(15)27-14-9-7-13(8-10-14)22-18(26)12-25-19(23-24-20(25)28)17-6-3-11-29-17/h1-11H,12H2,(H,22,26)(H,24,28). The lowest BCUT2D eigenvalue weighted by atomic mass is 10.3. The minimum Gasteiger partial charge on any atom is -0.456 e. The predicted molar refractivity (Wildman–Crippen MR) is 117 cm³/mol. The van der Waals surface area contributed by atoms with E-state index in [0.717, 1.165) is 4.88 Å². The lowest BCUT2D eigenvalue weighted by Crippen LogP contribution is -2.19. The van der Waals surface area contributed by atoms with Crippen LogP contribution in [-0.2, 0) is 11.3 Å². The number of aromatic nitrogens is 3. The second-order valence-electron chi connectivity index (χ2n) is 6.02. The molecule has 1 amide bonds. The van der Waals surface area contributed by atoms with Gasteiger partial charge in [0.15, 0.2) is 10.6 Å². The summed E-state index contributed by atoms with van der Waals surface area (Å²) in [4.78, 5) is 13.4. The lowest BCUT2D eigenvalue weighted by Gasteiger charge is -2.10. The molecule has 9 heteroatoms. The van der Waals surface area contributed by atoms with Gasteiger partial charge in [-0.05, 0) is 60.1 Å². The van der Waals surface area contributed by atoms with E-state index in [-0.39, 0.29) is 12.5 Å². The molecule has 6 nitrogen and oxygen atoms in total. The van der Waals surface area contributed by atoms with E-state index in [0.29, 0.717) is 32.8 Å². The highest BCUT2D eigenvalue weighted by molar-refractivity contribution is 7.71. The van der Waals surface area contributed by atoms with E-state index >= 15 is 0 Å². The summed E-state index contributed by atoms with van der Waals surface area (Å²) in [7, 11) is 0. The van der Waals surface area contributed by atoms with Crippen LogP contribution in [0.2, 0.25) is 5.02 Å². The van der Waals surface area contributed by atoms with Gasteiger partial charge in [0, 0.05) is 5.69 Å². The zero-order chi connectivity index (χ0) is 20.2. The molecule has 0 atom stereocenters. The first-order valence-corrected chi connectivity index (χ1v) is 10.3. The molecule has 0 bridgehead atoms. The Morgan fingerprint density at radius 1 is 1.17 bits per heavy atom. The van der Waals surface area contributed by atoms with Gasteiger partial charge in [0.2, 0.25) is 5.91 Å². The number of ether oxygens (including phenoxy) is 1. The van der Waals surface area contributed by atoms with Crippen LogP contribution in [0.15, 0.2) is 66.0 Å². The fraction of sp³-hybridized carbons (Fsp3) is 0.0500. The number of anilines is 1. The largest absolute Gasteiger partial charge is 0.456 e. The third kappa shape index (κ3) is 4.56. The number of H-pyrrole nitrogens is 1. The molecule has 0 fully saturated rings. The maximum absolute atomic E-state index is 12.5. The van der Waals surface area contributed by atoms with E-state index in [1.807, 2.05) is 29.6 Å². The molecule has 2 N–H and O–H groups in total. The van der Waals surface area contributed by atoms with E-state index in [1.165, 1.54) is 11.3 Å². The van der Waals surface area contributed by atoms with Crippen molar-refractivity contribution >= 4 is 46.8 Å². The maximum Gasteiger partial charge on any atom is 0.244 e. The molecule has 0 saturated heterocycles. The molecule has 2 aromatic heterocycles. The number of amides is 1. The molecule has 0 radical (unpaired) electrons. The Morgan fingerprint density at radius 2 is 1.97 bits per heavy atom. The Kier molecular flexibility index (Phi) is 5.75. The third-order valence-electron chi connectivity index (χ3n) is 4.00. The van der Waals surface area contributed by atoms with Crippen molar-refractivity contribution in [1.29, 1.82) is 0 Å². The van der Waals surface area contributed by atoms with Gasteiger partial charge in [-0.25, -0.2) is 0 Å². The van der Waals surface area contributed by atoms with E-state index < -0.39 is 0 Å². The minimum absolute atomic E-state index is 0.0560. The summed E-state index contributed by atoms with van der Waals surface area (Å²) in [6, 6.07) is 18.1. The van der Waals surface area contributed by atoms with Gasteiger partial charge in [0.25, 0.3) is 0 Å². The Hall–Kier alpha value is -2.94. The monoisotopic (exact) mass is 442 g/mol. The zero-order valence-corrected chi connectivity index (χ0v) is 17.4. The van der Waals surface area contributed by atoms with Crippen LogP contribution in [0, 0.1) is 4.77 Å². The SMILES string of the molecule is O=C(Cn1c(-c2cccs2)n[nH]c1=S)Nc1ccc(Oc2ccccc2Cl)cc1. The molecule has 4 rings (SSSR count). The number of thiophene rings is 1. The third-order valence-corrected chi connectivity index (χ3v) is 5.49. The lowest BCUT2D eigenvalue weighted by molar-refractivity contribution is -0.116. The van der Waals surface area contributed by atoms with Gasteiger partial charge in [0.05, 0.1) is 9.90 Å². The van der Waals surface area contributed by atoms with Crippen molar-refractivity contribution < 1.29 is 9.53 Å². The fourth-order valence-corrected chi connectivity index (χ4v) is 3.76. The average Bonchev–Trinajstić information content (AvgIpc) is 3.36. The quantitative estimate of drug-likeness (QED) is 0.373. The molecule has 4 aromatic rings. The number of rotatable bonds is 6. The number of carbonyl (C=O) groups is 1. The first-order valence-electron chi connectivity index (χ1n) is 8.61. The smallest absolute Gasteiger partial charge is 0.244 e. The van der Waals surface area contributed by atoms with Crippen molar-refractivity contribution in [3.05, 3.63) is 75.8 Å². The van der Waals surface area contributed by atoms with Crippen molar-refractivity contribution in [2.75, 3.05) is 5.32 Å². The molecule has 0 saturated carbocycles. The summed E-state index contributed by atoms with van der Waals surface area (Å²) in [5, 5.41) is 12.3. The minimum atomic E-state index is -0.208. The average molecular weight is 443 g/mol. The van der Waals surface area contributed by atoms with E-state index in [1.54, 1.807) is 41.0 Å². The predicted octanol–water partition coefficient (Wildman–Crippen LogP) is 5.75. The number of aromatic amines is 1. The van der Waals surface area contributed by atoms with Crippen LogP contribution >= 0.6 is 35.2 Å². The summed E-state index contributed by atoms with van der Waals surface area (Å²) in [5.74, 6) is 1.62. The molecule has 0 aliphatic carbocycles. The second kappa shape index (κ2) is 8.60. The van der Waals surface area contributed by atoms with E-state index in [9.17, 15) is 4.79 Å². The molecule has 0 aliphatic heterocycles. The molecule has 29 heavy (non-hydrogen) atoms. The van der Waals surface area contributed by atoms with Crippen LogP contribution in [0.25, 0.3) is 10.7 Å². The normalized spacial score (nSPS) is 10.7. The van der Waals surface area contributed by atoms with Gasteiger partial charge >= 0.3 is 0 Å². The second-order valence-corrected chi connectivity index (χ2v) is 7.76. The summed E-state index contributed by atoms with van der Waals surface area (Å²) in [6.07, 6.45) is 0. The topological polar surface area (TPSA) is 71.9 Å². The van der Waals surface area contributed by atoms with Gasteiger partial charge in [-0.3, -0.25) is 14.5 Å². The molecule has 2 heterocycles. The number of benzene rings is 2. The van der Waals surface area contributed by atoms with Gasteiger partial charge < -0.3 is 10.1 Å².